The predicted molar refractivity (Wildman–Crippen MR) is 248 cm³/mol. The number of anilines is 3. The molecule has 0 aliphatic rings. The van der Waals surface area contributed by atoms with Gasteiger partial charge in [-0.05, 0) is 82.6 Å². The van der Waals surface area contributed by atoms with E-state index in [9.17, 15) is 0 Å². The Labute approximate surface area is 350 Å². The van der Waals surface area contributed by atoms with Crippen LogP contribution in [-0.2, 0) is 0 Å². The number of hydrogen-bond donors (Lipinski definition) is 0. The van der Waals surface area contributed by atoms with Gasteiger partial charge in [0.25, 0.3) is 0 Å². The van der Waals surface area contributed by atoms with Gasteiger partial charge in [-0.1, -0.05) is 140 Å². The summed E-state index contributed by atoms with van der Waals surface area (Å²) in [7, 11) is 0. The minimum absolute atomic E-state index is 0.555. The third kappa shape index (κ3) is 6.00. The zero-order valence-corrected chi connectivity index (χ0v) is 32.7. The summed E-state index contributed by atoms with van der Waals surface area (Å²) >= 11 is 0. The van der Waals surface area contributed by atoms with Gasteiger partial charge in [0.2, 0.25) is 0 Å². The number of fused-ring (bicyclic) bond motifs is 7. The van der Waals surface area contributed by atoms with E-state index >= 15 is 0 Å². The highest BCUT2D eigenvalue weighted by atomic mass is 16.3. The molecule has 0 aliphatic heterocycles. The Morgan fingerprint density at radius 3 is 1.57 bits per heavy atom. The van der Waals surface area contributed by atoms with E-state index in [-0.39, 0.29) is 0 Å². The number of nitrogens with zero attached hydrogens (tertiary/aromatic N) is 4. The van der Waals surface area contributed by atoms with Crippen molar-refractivity contribution in [3.8, 4) is 45.3 Å². The van der Waals surface area contributed by atoms with E-state index in [1.54, 1.807) is 0 Å². The molecular formula is C55H34N4O2. The van der Waals surface area contributed by atoms with Crippen molar-refractivity contribution in [1.29, 1.82) is 0 Å². The average Bonchev–Trinajstić information content (AvgIpc) is 3.91. The molecule has 0 saturated heterocycles. The SMILES string of the molecule is c1ccc(-c2ccc(N(c3ccccc3)c3ccc4c(c3)oc3cccc(-c5nc(-c6ccc7ccccc7c6)nc(-c6cccc7oc8ccccc8c67)n5)c34)cc2)cc1. The van der Waals surface area contributed by atoms with Crippen LogP contribution in [0.3, 0.4) is 0 Å². The zero-order valence-electron chi connectivity index (χ0n) is 32.7. The summed E-state index contributed by atoms with van der Waals surface area (Å²) in [5.74, 6) is 1.70. The number of para-hydroxylation sites is 2. The molecule has 12 rings (SSSR count). The molecule has 6 heteroatoms. The fourth-order valence-electron chi connectivity index (χ4n) is 8.63. The molecule has 0 unspecified atom stereocenters. The number of furan rings is 2. The number of benzene rings is 9. The van der Waals surface area contributed by atoms with E-state index in [0.717, 1.165) is 94.0 Å². The topological polar surface area (TPSA) is 68.2 Å². The Hall–Kier alpha value is -8.35. The molecule has 0 bridgehead atoms. The Bertz CT molecular complexity index is 3590. The fraction of sp³-hybridized carbons (Fsp3) is 0. The predicted octanol–water partition coefficient (Wildman–Crippen LogP) is 15.0. The first kappa shape index (κ1) is 34.7. The summed E-state index contributed by atoms with van der Waals surface area (Å²) in [6.07, 6.45) is 0. The molecule has 0 saturated carbocycles. The molecule has 61 heavy (non-hydrogen) atoms. The highest BCUT2D eigenvalue weighted by Crippen LogP contribution is 2.42. The van der Waals surface area contributed by atoms with Gasteiger partial charge in [0.05, 0.1) is 0 Å². The van der Waals surface area contributed by atoms with Crippen LogP contribution >= 0.6 is 0 Å². The molecular weight excluding hydrogens is 749 g/mol. The van der Waals surface area contributed by atoms with Crippen molar-refractivity contribution in [2.24, 2.45) is 0 Å². The summed E-state index contributed by atoms with van der Waals surface area (Å²) < 4.78 is 13.0. The normalized spacial score (nSPS) is 11.6. The lowest BCUT2D eigenvalue weighted by atomic mass is 10.0. The van der Waals surface area contributed by atoms with Crippen LogP contribution in [0.2, 0.25) is 0 Å². The van der Waals surface area contributed by atoms with Crippen molar-refractivity contribution in [1.82, 2.24) is 15.0 Å². The Morgan fingerprint density at radius 1 is 0.311 bits per heavy atom. The first-order chi connectivity index (χ1) is 30.2. The van der Waals surface area contributed by atoms with Crippen molar-refractivity contribution in [3.05, 3.63) is 206 Å². The van der Waals surface area contributed by atoms with Crippen molar-refractivity contribution < 1.29 is 8.83 Å². The van der Waals surface area contributed by atoms with E-state index in [1.165, 1.54) is 5.56 Å². The molecule has 0 aliphatic carbocycles. The van der Waals surface area contributed by atoms with Crippen molar-refractivity contribution in [2.45, 2.75) is 0 Å². The molecule has 12 aromatic rings. The summed E-state index contributed by atoms with van der Waals surface area (Å²) in [6, 6.07) is 71.0. The van der Waals surface area contributed by atoms with Gasteiger partial charge in [-0.25, -0.2) is 15.0 Å². The standard InChI is InChI=1S/C55H34N4O2/c1-3-13-35(14-4-1)37-27-29-41(30-28-37)59(40-17-5-2-6-18-40)42-31-32-44-50(34-42)61-49-24-12-21-46(52(44)49)55-57-53(39-26-25-36-15-7-8-16-38(36)33-39)56-54(58-55)45-20-11-23-48-51(45)43-19-9-10-22-47(43)60-48/h1-34H. The summed E-state index contributed by atoms with van der Waals surface area (Å²) in [4.78, 5) is 18.0. The molecule has 0 spiro atoms. The van der Waals surface area contributed by atoms with Crippen LogP contribution in [0.4, 0.5) is 17.1 Å². The minimum Gasteiger partial charge on any atom is -0.456 e. The maximum absolute atomic E-state index is 6.72. The van der Waals surface area contributed by atoms with Crippen LogP contribution in [0.1, 0.15) is 0 Å². The lowest BCUT2D eigenvalue weighted by molar-refractivity contribution is 0.668. The third-order valence-corrected chi connectivity index (χ3v) is 11.5. The first-order valence-electron chi connectivity index (χ1n) is 20.3. The second kappa shape index (κ2) is 14.2. The highest BCUT2D eigenvalue weighted by Gasteiger charge is 2.22. The third-order valence-electron chi connectivity index (χ3n) is 11.5. The highest BCUT2D eigenvalue weighted by molar-refractivity contribution is 6.14. The first-order valence-corrected chi connectivity index (χ1v) is 20.3. The van der Waals surface area contributed by atoms with E-state index in [1.807, 2.05) is 54.6 Å². The quantitative estimate of drug-likeness (QED) is 0.160. The van der Waals surface area contributed by atoms with Crippen LogP contribution < -0.4 is 4.90 Å². The summed E-state index contributed by atoms with van der Waals surface area (Å²) in [5.41, 5.74) is 11.2. The lowest BCUT2D eigenvalue weighted by Crippen LogP contribution is -2.09. The maximum Gasteiger partial charge on any atom is 0.164 e. The smallest absolute Gasteiger partial charge is 0.164 e. The number of hydrogen-bond acceptors (Lipinski definition) is 6. The lowest BCUT2D eigenvalue weighted by Gasteiger charge is -2.25. The van der Waals surface area contributed by atoms with Gasteiger partial charge in [-0.15, -0.1) is 0 Å². The van der Waals surface area contributed by atoms with E-state index in [0.29, 0.717) is 17.5 Å². The van der Waals surface area contributed by atoms with Gasteiger partial charge in [-0.2, -0.15) is 0 Å². The zero-order chi connectivity index (χ0) is 40.3. The van der Waals surface area contributed by atoms with E-state index < -0.39 is 0 Å². The summed E-state index contributed by atoms with van der Waals surface area (Å²) in [6.45, 7) is 0. The van der Waals surface area contributed by atoms with Crippen LogP contribution in [0.15, 0.2) is 215 Å². The second-order valence-corrected chi connectivity index (χ2v) is 15.2. The van der Waals surface area contributed by atoms with Crippen LogP contribution in [0.5, 0.6) is 0 Å². The van der Waals surface area contributed by atoms with Gasteiger partial charge in [0, 0.05) is 61.4 Å². The van der Waals surface area contributed by atoms with Gasteiger partial charge in [0.1, 0.15) is 22.3 Å². The van der Waals surface area contributed by atoms with Crippen LogP contribution in [-0.4, -0.2) is 15.0 Å². The van der Waals surface area contributed by atoms with Crippen molar-refractivity contribution in [3.63, 3.8) is 0 Å². The largest absolute Gasteiger partial charge is 0.456 e. The molecule has 0 radical (unpaired) electrons. The van der Waals surface area contributed by atoms with E-state index in [2.05, 4.69) is 157 Å². The molecule has 0 atom stereocenters. The molecule has 0 amide bonds. The Morgan fingerprint density at radius 2 is 0.836 bits per heavy atom. The average molecular weight is 783 g/mol. The molecule has 9 aromatic carbocycles. The monoisotopic (exact) mass is 782 g/mol. The van der Waals surface area contributed by atoms with E-state index in [4.69, 9.17) is 23.8 Å². The Kier molecular flexibility index (Phi) is 8.06. The van der Waals surface area contributed by atoms with Crippen LogP contribution in [0.25, 0.3) is 99.9 Å². The van der Waals surface area contributed by atoms with Crippen molar-refractivity contribution >= 4 is 71.7 Å². The molecule has 3 aromatic heterocycles. The van der Waals surface area contributed by atoms with Gasteiger partial charge < -0.3 is 13.7 Å². The maximum atomic E-state index is 6.72. The second-order valence-electron chi connectivity index (χ2n) is 15.2. The van der Waals surface area contributed by atoms with Crippen LogP contribution in [0, 0.1) is 0 Å². The summed E-state index contributed by atoms with van der Waals surface area (Å²) in [5, 5.41) is 6.16. The molecule has 0 fully saturated rings. The molecule has 0 N–H and O–H groups in total. The number of aromatic nitrogens is 3. The molecule has 6 nitrogen and oxygen atoms in total. The molecule has 286 valence electrons. The van der Waals surface area contributed by atoms with Gasteiger partial charge in [-0.3, -0.25) is 0 Å². The fourth-order valence-corrected chi connectivity index (χ4v) is 8.63. The number of rotatable bonds is 7. The minimum atomic E-state index is 0.555. The molecule has 3 heterocycles. The van der Waals surface area contributed by atoms with Gasteiger partial charge >= 0.3 is 0 Å². The van der Waals surface area contributed by atoms with Gasteiger partial charge in [0.15, 0.2) is 17.5 Å². The van der Waals surface area contributed by atoms with Crippen molar-refractivity contribution in [2.75, 3.05) is 4.90 Å². The Balaban J connectivity index is 1.03.